The number of ether oxygens (including phenoxy) is 1. The van der Waals surface area contributed by atoms with Gasteiger partial charge in [-0.1, -0.05) is 0 Å². The Hall–Kier alpha value is -2.08. The molecule has 0 saturated carbocycles. The van der Waals surface area contributed by atoms with Crippen molar-refractivity contribution in [2.24, 2.45) is 0 Å². The molecule has 1 atom stereocenters. The molecule has 1 rings (SSSR count). The van der Waals surface area contributed by atoms with Crippen molar-refractivity contribution in [2.45, 2.75) is 13.0 Å². The highest BCUT2D eigenvalue weighted by Crippen LogP contribution is 2.28. The third-order valence-electron chi connectivity index (χ3n) is 2.08. The number of carbonyl (C=O) groups is 2. The second-order valence-corrected chi connectivity index (χ2v) is 3.38. The van der Waals surface area contributed by atoms with Crippen molar-refractivity contribution in [1.29, 1.82) is 0 Å². The first kappa shape index (κ1) is 13.0. The molecule has 0 fully saturated rings. The fourth-order valence-corrected chi connectivity index (χ4v) is 1.36. The molecule has 0 bridgehead atoms. The van der Waals surface area contributed by atoms with Crippen LogP contribution in [0.5, 0.6) is 5.75 Å². The Morgan fingerprint density at radius 3 is 2.53 bits per heavy atom. The van der Waals surface area contributed by atoms with Gasteiger partial charge < -0.3 is 20.3 Å². The number of rotatable bonds is 4. The number of methoxy groups -OCH3 is 1. The number of aliphatic hydroxyl groups is 1. The second-order valence-electron chi connectivity index (χ2n) is 3.38. The van der Waals surface area contributed by atoms with E-state index in [0.29, 0.717) is 5.69 Å². The van der Waals surface area contributed by atoms with E-state index >= 15 is 0 Å². The number of carboxylic acids is 1. The zero-order chi connectivity index (χ0) is 13.0. The minimum atomic E-state index is -1.70. The first-order valence-electron chi connectivity index (χ1n) is 4.82. The minimum Gasteiger partial charge on any atom is -0.496 e. The van der Waals surface area contributed by atoms with Crippen LogP contribution in [0.4, 0.5) is 5.69 Å². The lowest BCUT2D eigenvalue weighted by atomic mass is 10.1. The first-order valence-corrected chi connectivity index (χ1v) is 4.82. The summed E-state index contributed by atoms with van der Waals surface area (Å²) >= 11 is 0. The Bertz CT molecular complexity index is 443. The summed E-state index contributed by atoms with van der Waals surface area (Å²) in [7, 11) is 1.37. The van der Waals surface area contributed by atoms with E-state index < -0.39 is 12.1 Å². The Labute approximate surface area is 97.8 Å². The highest BCUT2D eigenvalue weighted by molar-refractivity contribution is 5.89. The zero-order valence-electron chi connectivity index (χ0n) is 9.43. The molecule has 3 N–H and O–H groups in total. The number of hydrogen-bond acceptors (Lipinski definition) is 4. The third-order valence-corrected chi connectivity index (χ3v) is 2.08. The van der Waals surface area contributed by atoms with Gasteiger partial charge in [-0.2, -0.15) is 0 Å². The van der Waals surface area contributed by atoms with Crippen LogP contribution in [0.2, 0.25) is 0 Å². The summed E-state index contributed by atoms with van der Waals surface area (Å²) in [5, 5.41) is 20.7. The molecule has 0 heterocycles. The van der Waals surface area contributed by atoms with Crippen molar-refractivity contribution in [2.75, 3.05) is 12.4 Å². The predicted octanol–water partition coefficient (Wildman–Crippen LogP) is 0.772. The number of aliphatic hydroxyl groups excluding tert-OH is 1. The molecule has 0 radical (unpaired) electrons. The SMILES string of the molecule is COc1ccc(NC(C)=O)cc1C(O)C(=O)O. The molecule has 0 aliphatic carbocycles. The standard InChI is InChI=1S/C11H13NO5/c1-6(13)12-7-3-4-9(17-2)8(5-7)10(14)11(15)16/h3-5,10,14H,1-2H3,(H,12,13)(H,15,16). The Kier molecular flexibility index (Phi) is 4.06. The van der Waals surface area contributed by atoms with E-state index in [1.54, 1.807) is 6.07 Å². The van der Waals surface area contributed by atoms with Crippen molar-refractivity contribution in [1.82, 2.24) is 0 Å². The largest absolute Gasteiger partial charge is 0.496 e. The average molecular weight is 239 g/mol. The summed E-state index contributed by atoms with van der Waals surface area (Å²) in [6.45, 7) is 1.33. The zero-order valence-corrected chi connectivity index (χ0v) is 9.43. The Morgan fingerprint density at radius 2 is 2.06 bits per heavy atom. The maximum Gasteiger partial charge on any atom is 0.337 e. The molecule has 0 aliphatic heterocycles. The topological polar surface area (TPSA) is 95.9 Å². The van der Waals surface area contributed by atoms with Gasteiger partial charge in [-0.15, -0.1) is 0 Å². The van der Waals surface area contributed by atoms with Crippen LogP contribution >= 0.6 is 0 Å². The van der Waals surface area contributed by atoms with Crippen LogP contribution in [-0.2, 0) is 9.59 Å². The van der Waals surface area contributed by atoms with Gasteiger partial charge in [0.15, 0.2) is 6.10 Å². The summed E-state index contributed by atoms with van der Waals surface area (Å²) in [5.41, 5.74) is 0.486. The third kappa shape index (κ3) is 3.18. The molecule has 1 unspecified atom stereocenters. The number of benzene rings is 1. The molecule has 0 aliphatic rings. The van der Waals surface area contributed by atoms with Gasteiger partial charge in [-0.05, 0) is 18.2 Å². The van der Waals surface area contributed by atoms with E-state index in [9.17, 15) is 14.7 Å². The van der Waals surface area contributed by atoms with Crippen molar-refractivity contribution in [3.05, 3.63) is 23.8 Å². The van der Waals surface area contributed by atoms with Crippen molar-refractivity contribution in [3.8, 4) is 5.75 Å². The Balaban J connectivity index is 3.14. The van der Waals surface area contributed by atoms with Crippen molar-refractivity contribution < 1.29 is 24.5 Å². The molecular formula is C11H13NO5. The molecule has 1 aromatic carbocycles. The Morgan fingerprint density at radius 1 is 1.41 bits per heavy atom. The number of anilines is 1. The number of hydrogen-bond donors (Lipinski definition) is 3. The lowest BCUT2D eigenvalue weighted by molar-refractivity contribution is -0.147. The summed E-state index contributed by atoms with van der Waals surface area (Å²) < 4.78 is 4.94. The van der Waals surface area contributed by atoms with Gasteiger partial charge in [0.2, 0.25) is 5.91 Å². The molecule has 92 valence electrons. The van der Waals surface area contributed by atoms with Gasteiger partial charge in [0.25, 0.3) is 0 Å². The van der Waals surface area contributed by atoms with E-state index in [2.05, 4.69) is 5.32 Å². The van der Waals surface area contributed by atoms with Crippen LogP contribution in [0.15, 0.2) is 18.2 Å². The van der Waals surface area contributed by atoms with Crippen LogP contribution in [0, 0.1) is 0 Å². The quantitative estimate of drug-likeness (QED) is 0.721. The van der Waals surface area contributed by atoms with Crippen LogP contribution in [-0.4, -0.2) is 29.2 Å². The molecule has 0 aromatic heterocycles. The molecule has 17 heavy (non-hydrogen) atoms. The van der Waals surface area contributed by atoms with E-state index in [-0.39, 0.29) is 17.2 Å². The van der Waals surface area contributed by atoms with Gasteiger partial charge in [0.1, 0.15) is 5.75 Å². The summed E-state index contributed by atoms with van der Waals surface area (Å²) in [4.78, 5) is 21.6. The second kappa shape index (κ2) is 5.31. The van der Waals surface area contributed by atoms with Gasteiger partial charge in [0, 0.05) is 18.2 Å². The molecule has 0 saturated heterocycles. The smallest absolute Gasteiger partial charge is 0.337 e. The van der Waals surface area contributed by atoms with E-state index in [1.807, 2.05) is 0 Å². The van der Waals surface area contributed by atoms with Crippen molar-refractivity contribution >= 4 is 17.6 Å². The molecule has 6 heteroatoms. The number of amides is 1. The molecule has 6 nitrogen and oxygen atoms in total. The number of carboxylic acid groups (broad SMARTS) is 1. The van der Waals surface area contributed by atoms with E-state index in [0.717, 1.165) is 0 Å². The first-order chi connectivity index (χ1) is 7.95. The fourth-order valence-electron chi connectivity index (χ4n) is 1.36. The predicted molar refractivity (Wildman–Crippen MR) is 59.9 cm³/mol. The lowest BCUT2D eigenvalue weighted by Gasteiger charge is -2.13. The van der Waals surface area contributed by atoms with E-state index in [1.165, 1.54) is 26.2 Å². The van der Waals surface area contributed by atoms with Gasteiger partial charge in [-0.3, -0.25) is 4.79 Å². The summed E-state index contributed by atoms with van der Waals surface area (Å²) in [5.74, 6) is -1.43. The fraction of sp³-hybridized carbons (Fsp3) is 0.273. The molecule has 1 amide bonds. The van der Waals surface area contributed by atoms with Crippen LogP contribution in [0.25, 0.3) is 0 Å². The molecule has 1 aromatic rings. The maximum absolute atomic E-state index is 10.9. The van der Waals surface area contributed by atoms with Crippen molar-refractivity contribution in [3.63, 3.8) is 0 Å². The monoisotopic (exact) mass is 239 g/mol. The number of nitrogens with one attached hydrogen (secondary N) is 1. The lowest BCUT2D eigenvalue weighted by Crippen LogP contribution is -2.13. The van der Waals surface area contributed by atoms with Gasteiger partial charge in [0.05, 0.1) is 7.11 Å². The molecular weight excluding hydrogens is 226 g/mol. The van der Waals surface area contributed by atoms with Crippen LogP contribution < -0.4 is 10.1 Å². The minimum absolute atomic E-state index is 0.0891. The van der Waals surface area contributed by atoms with Crippen LogP contribution in [0.1, 0.15) is 18.6 Å². The highest BCUT2D eigenvalue weighted by atomic mass is 16.5. The maximum atomic E-state index is 10.9. The average Bonchev–Trinajstić information content (AvgIpc) is 2.27. The summed E-state index contributed by atoms with van der Waals surface area (Å²) in [6, 6.07) is 4.39. The number of carbonyl (C=O) groups excluding carboxylic acids is 1. The molecule has 0 spiro atoms. The van der Waals surface area contributed by atoms with Gasteiger partial charge >= 0.3 is 5.97 Å². The van der Waals surface area contributed by atoms with Gasteiger partial charge in [-0.25, -0.2) is 4.79 Å². The highest BCUT2D eigenvalue weighted by Gasteiger charge is 2.20. The van der Waals surface area contributed by atoms with E-state index in [4.69, 9.17) is 9.84 Å². The number of aliphatic carboxylic acids is 1. The summed E-state index contributed by atoms with van der Waals surface area (Å²) in [6.07, 6.45) is -1.70. The van der Waals surface area contributed by atoms with Crippen LogP contribution in [0.3, 0.4) is 0 Å². The normalized spacial score (nSPS) is 11.7.